The van der Waals surface area contributed by atoms with Gasteiger partial charge in [0, 0.05) is 6.04 Å². The van der Waals surface area contributed by atoms with Gasteiger partial charge in [0.25, 0.3) is 0 Å². The predicted molar refractivity (Wildman–Crippen MR) is 74.7 cm³/mol. The Morgan fingerprint density at radius 3 is 2.58 bits per heavy atom. The number of hydrogen-bond acceptors (Lipinski definition) is 4. The number of benzene rings is 1. The molecular weight excluding hydrogens is 238 g/mol. The highest BCUT2D eigenvalue weighted by Gasteiger charge is 2.07. The first kappa shape index (κ1) is 13.7. The summed E-state index contributed by atoms with van der Waals surface area (Å²) >= 11 is 0. The molecule has 102 valence electrons. The molecule has 0 aliphatic heterocycles. The van der Waals surface area contributed by atoms with Crippen LogP contribution in [0.1, 0.15) is 49.2 Å². The van der Waals surface area contributed by atoms with Crippen molar-refractivity contribution in [2.45, 2.75) is 46.2 Å². The Labute approximate surface area is 114 Å². The Hall–Kier alpha value is -1.68. The molecule has 2 rings (SSSR count). The molecule has 1 aromatic carbocycles. The minimum Gasteiger partial charge on any atom is -0.338 e. The van der Waals surface area contributed by atoms with Gasteiger partial charge < -0.3 is 9.84 Å². The van der Waals surface area contributed by atoms with Gasteiger partial charge in [-0.05, 0) is 31.4 Å². The summed E-state index contributed by atoms with van der Waals surface area (Å²) in [6.45, 7) is 6.75. The highest BCUT2D eigenvalue weighted by molar-refractivity contribution is 5.24. The van der Waals surface area contributed by atoms with Crippen LogP contribution < -0.4 is 5.32 Å². The van der Waals surface area contributed by atoms with Crippen LogP contribution >= 0.6 is 0 Å². The minimum absolute atomic E-state index is 0.267. The van der Waals surface area contributed by atoms with E-state index in [0.29, 0.717) is 18.3 Å². The van der Waals surface area contributed by atoms with E-state index in [4.69, 9.17) is 4.52 Å². The lowest BCUT2D eigenvalue weighted by Crippen LogP contribution is -2.18. The number of aromatic nitrogens is 2. The molecule has 1 unspecified atom stereocenters. The van der Waals surface area contributed by atoms with Gasteiger partial charge in [0.2, 0.25) is 5.89 Å². The van der Waals surface area contributed by atoms with Crippen LogP contribution in [0.3, 0.4) is 0 Å². The Bertz CT molecular complexity index is 504. The van der Waals surface area contributed by atoms with Crippen molar-refractivity contribution in [1.82, 2.24) is 15.5 Å². The Balaban J connectivity index is 1.90. The van der Waals surface area contributed by atoms with Crippen LogP contribution in [0, 0.1) is 6.92 Å². The smallest absolute Gasteiger partial charge is 0.240 e. The van der Waals surface area contributed by atoms with Crippen LogP contribution in [0.4, 0.5) is 0 Å². The van der Waals surface area contributed by atoms with Crippen LogP contribution in [0.15, 0.2) is 28.8 Å². The highest BCUT2D eigenvalue weighted by Crippen LogP contribution is 2.14. The molecule has 0 aliphatic rings. The topological polar surface area (TPSA) is 51.0 Å². The summed E-state index contributed by atoms with van der Waals surface area (Å²) in [4.78, 5) is 4.17. The molecule has 4 heteroatoms. The molecular formula is C15H21N3O. The highest BCUT2D eigenvalue weighted by atomic mass is 16.5. The lowest BCUT2D eigenvalue weighted by Gasteiger charge is -2.13. The number of aryl methyl sites for hydroxylation is 2. The van der Waals surface area contributed by atoms with Gasteiger partial charge in [0.1, 0.15) is 0 Å². The molecule has 0 amide bonds. The third kappa shape index (κ3) is 3.89. The quantitative estimate of drug-likeness (QED) is 0.865. The third-order valence-corrected chi connectivity index (χ3v) is 3.15. The fourth-order valence-corrected chi connectivity index (χ4v) is 2.03. The Kier molecular flexibility index (Phi) is 4.68. The third-order valence-electron chi connectivity index (χ3n) is 3.15. The Morgan fingerprint density at radius 2 is 2.00 bits per heavy atom. The van der Waals surface area contributed by atoms with Crippen molar-refractivity contribution < 1.29 is 4.52 Å². The van der Waals surface area contributed by atoms with E-state index in [1.54, 1.807) is 0 Å². The van der Waals surface area contributed by atoms with Crippen LogP contribution in [0.2, 0.25) is 0 Å². The van der Waals surface area contributed by atoms with Gasteiger partial charge in [-0.2, -0.15) is 4.98 Å². The van der Waals surface area contributed by atoms with Crippen molar-refractivity contribution in [2.75, 3.05) is 0 Å². The van der Waals surface area contributed by atoms with Crippen LogP contribution in [0.25, 0.3) is 0 Å². The van der Waals surface area contributed by atoms with Crippen molar-refractivity contribution in [3.63, 3.8) is 0 Å². The van der Waals surface area contributed by atoms with E-state index in [0.717, 1.165) is 6.42 Å². The van der Waals surface area contributed by atoms with E-state index in [-0.39, 0.29) is 6.04 Å². The summed E-state index contributed by atoms with van der Waals surface area (Å²) in [5.41, 5.74) is 2.67. The lowest BCUT2D eigenvalue weighted by molar-refractivity contribution is 0.357. The average molecular weight is 259 g/mol. The second-order valence-corrected chi connectivity index (χ2v) is 4.83. The first-order valence-electron chi connectivity index (χ1n) is 6.80. The number of nitrogens with one attached hydrogen (secondary N) is 1. The fourth-order valence-electron chi connectivity index (χ4n) is 2.03. The molecule has 0 bridgehead atoms. The van der Waals surface area contributed by atoms with Crippen molar-refractivity contribution in [2.24, 2.45) is 0 Å². The molecule has 19 heavy (non-hydrogen) atoms. The lowest BCUT2D eigenvalue weighted by atomic mass is 10.0. The average Bonchev–Trinajstić information content (AvgIpc) is 2.83. The van der Waals surface area contributed by atoms with Crippen molar-refractivity contribution in [3.8, 4) is 0 Å². The molecule has 1 N–H and O–H groups in total. The van der Waals surface area contributed by atoms with Gasteiger partial charge in [0.05, 0.1) is 6.54 Å². The summed E-state index contributed by atoms with van der Waals surface area (Å²) in [5, 5.41) is 7.16. The molecule has 0 aliphatic carbocycles. The van der Waals surface area contributed by atoms with Gasteiger partial charge in [-0.3, -0.25) is 0 Å². The summed E-state index contributed by atoms with van der Waals surface area (Å²) < 4.78 is 5.08. The number of hydrogen-bond donors (Lipinski definition) is 1. The van der Waals surface area contributed by atoms with Crippen LogP contribution in [0.5, 0.6) is 0 Å². The summed E-state index contributed by atoms with van der Waals surface area (Å²) in [6, 6.07) is 9.04. The van der Waals surface area contributed by atoms with Gasteiger partial charge in [-0.1, -0.05) is 42.8 Å². The van der Waals surface area contributed by atoms with Gasteiger partial charge in [0.15, 0.2) is 5.82 Å². The second-order valence-electron chi connectivity index (χ2n) is 4.83. The maximum atomic E-state index is 5.08. The second kappa shape index (κ2) is 6.48. The minimum atomic E-state index is 0.267. The number of rotatable bonds is 6. The zero-order valence-electron chi connectivity index (χ0n) is 11.8. The van der Waals surface area contributed by atoms with E-state index >= 15 is 0 Å². The van der Waals surface area contributed by atoms with E-state index in [2.05, 4.69) is 53.6 Å². The summed E-state index contributed by atoms with van der Waals surface area (Å²) in [5.74, 6) is 1.31. The summed E-state index contributed by atoms with van der Waals surface area (Å²) in [6.07, 6.45) is 2.33. The summed E-state index contributed by atoms with van der Waals surface area (Å²) in [7, 11) is 0. The van der Waals surface area contributed by atoms with E-state index in [1.165, 1.54) is 17.5 Å². The molecule has 1 atom stereocenters. The van der Waals surface area contributed by atoms with Crippen LogP contribution in [-0.4, -0.2) is 10.1 Å². The van der Waals surface area contributed by atoms with Gasteiger partial charge in [-0.25, -0.2) is 0 Å². The van der Waals surface area contributed by atoms with E-state index in [9.17, 15) is 0 Å². The van der Waals surface area contributed by atoms with Crippen LogP contribution in [-0.2, 0) is 13.0 Å². The first-order chi connectivity index (χ1) is 9.19. The van der Waals surface area contributed by atoms with Gasteiger partial charge in [-0.15, -0.1) is 0 Å². The molecule has 1 heterocycles. The molecule has 1 aromatic heterocycles. The zero-order valence-corrected chi connectivity index (χ0v) is 11.8. The molecule has 2 aromatic rings. The largest absolute Gasteiger partial charge is 0.338 e. The standard InChI is InChI=1S/C15H21N3O/c1-4-5-13-6-8-14(9-7-13)11(2)16-10-15-17-12(3)18-19-15/h6-9,11,16H,4-5,10H2,1-3H3. The molecule has 0 spiro atoms. The van der Waals surface area contributed by atoms with Gasteiger partial charge >= 0.3 is 0 Å². The van der Waals surface area contributed by atoms with E-state index < -0.39 is 0 Å². The fraction of sp³-hybridized carbons (Fsp3) is 0.467. The molecule has 0 radical (unpaired) electrons. The molecule has 0 saturated heterocycles. The SMILES string of the molecule is CCCc1ccc(C(C)NCc2nc(C)no2)cc1. The van der Waals surface area contributed by atoms with Crippen molar-refractivity contribution >= 4 is 0 Å². The first-order valence-corrected chi connectivity index (χ1v) is 6.80. The Morgan fingerprint density at radius 1 is 1.26 bits per heavy atom. The normalized spacial score (nSPS) is 12.6. The maximum absolute atomic E-state index is 5.08. The molecule has 4 nitrogen and oxygen atoms in total. The maximum Gasteiger partial charge on any atom is 0.240 e. The predicted octanol–water partition coefficient (Wildman–Crippen LogP) is 3.18. The van der Waals surface area contributed by atoms with Crippen molar-refractivity contribution in [1.29, 1.82) is 0 Å². The zero-order chi connectivity index (χ0) is 13.7. The monoisotopic (exact) mass is 259 g/mol. The number of nitrogens with zero attached hydrogens (tertiary/aromatic N) is 2. The molecule has 0 saturated carbocycles. The van der Waals surface area contributed by atoms with E-state index in [1.807, 2.05) is 6.92 Å². The molecule has 0 fully saturated rings. The van der Waals surface area contributed by atoms with Crippen molar-refractivity contribution in [3.05, 3.63) is 47.1 Å².